The topological polar surface area (TPSA) is 94.1 Å². The first-order valence-corrected chi connectivity index (χ1v) is 8.13. The molecule has 0 saturated heterocycles. The van der Waals surface area contributed by atoms with E-state index in [1.165, 1.54) is 19.2 Å². The predicted molar refractivity (Wildman–Crippen MR) is 96.7 cm³/mol. The minimum absolute atomic E-state index is 0.0971. The lowest BCUT2D eigenvalue weighted by molar-refractivity contribution is 0.0697. The number of hydrogen-bond acceptors (Lipinski definition) is 5. The normalized spacial score (nSPS) is 10.1. The molecule has 138 valence electrons. The molecule has 7 heteroatoms. The summed E-state index contributed by atoms with van der Waals surface area (Å²) in [6.45, 7) is 4.31. The molecular weight excluding hydrogens is 338 g/mol. The highest BCUT2D eigenvalue weighted by Gasteiger charge is 2.20. The third-order valence-electron chi connectivity index (χ3n) is 3.51. The maximum Gasteiger partial charge on any atom is 0.337 e. The van der Waals surface area contributed by atoms with E-state index >= 15 is 0 Å². The molecule has 2 rings (SSSR count). The van der Waals surface area contributed by atoms with Crippen LogP contribution in [0.15, 0.2) is 36.4 Å². The molecule has 1 amide bonds. The average Bonchev–Trinajstić information content (AvgIpc) is 2.63. The Bertz CT molecular complexity index is 803. The quantitative estimate of drug-likeness (QED) is 0.750. The van der Waals surface area contributed by atoms with Gasteiger partial charge in [-0.1, -0.05) is 12.1 Å². The molecule has 0 radical (unpaired) electrons. The molecule has 0 saturated carbocycles. The van der Waals surface area contributed by atoms with E-state index in [0.29, 0.717) is 30.5 Å². The largest absolute Gasteiger partial charge is 0.496 e. The number of carbonyl (C=O) groups excluding carboxylic acids is 1. The highest BCUT2D eigenvalue weighted by molar-refractivity contribution is 6.09. The van der Waals surface area contributed by atoms with E-state index in [1.54, 1.807) is 38.1 Å². The molecule has 0 aromatic heterocycles. The summed E-state index contributed by atoms with van der Waals surface area (Å²) in [7, 11) is 1.46. The van der Waals surface area contributed by atoms with E-state index in [9.17, 15) is 14.7 Å². The zero-order chi connectivity index (χ0) is 19.1. The van der Waals surface area contributed by atoms with Crippen LogP contribution in [0, 0.1) is 0 Å². The lowest BCUT2D eigenvalue weighted by Gasteiger charge is -2.16. The lowest BCUT2D eigenvalue weighted by atomic mass is 10.1. The zero-order valence-corrected chi connectivity index (χ0v) is 14.9. The summed E-state index contributed by atoms with van der Waals surface area (Å²) in [6.07, 6.45) is 0. The third-order valence-corrected chi connectivity index (χ3v) is 3.51. The van der Waals surface area contributed by atoms with Crippen molar-refractivity contribution >= 4 is 17.6 Å². The maximum absolute atomic E-state index is 12.6. The van der Waals surface area contributed by atoms with Crippen molar-refractivity contribution in [1.29, 1.82) is 0 Å². The summed E-state index contributed by atoms with van der Waals surface area (Å²) >= 11 is 0. The van der Waals surface area contributed by atoms with E-state index in [-0.39, 0.29) is 16.8 Å². The molecule has 0 bridgehead atoms. The van der Waals surface area contributed by atoms with Crippen LogP contribution in [-0.4, -0.2) is 37.3 Å². The number of ether oxygens (including phenoxy) is 3. The molecule has 0 aliphatic heterocycles. The summed E-state index contributed by atoms with van der Waals surface area (Å²) in [5.74, 6) is -0.629. The molecule has 2 aromatic rings. The number of anilines is 1. The van der Waals surface area contributed by atoms with E-state index in [2.05, 4.69) is 5.32 Å². The molecule has 0 atom stereocenters. The molecule has 0 spiro atoms. The summed E-state index contributed by atoms with van der Waals surface area (Å²) in [5, 5.41) is 12.1. The highest BCUT2D eigenvalue weighted by Crippen LogP contribution is 2.34. The molecule has 26 heavy (non-hydrogen) atoms. The molecule has 2 aromatic carbocycles. The van der Waals surface area contributed by atoms with Gasteiger partial charge in [0.25, 0.3) is 5.91 Å². The standard InChI is InChI=1S/C19H21NO6/c1-4-25-16-10-13(19(22)23)14(11-17(16)26-5-2)20-18(21)12-8-6-7-9-15(12)24-3/h6-11H,4-5H2,1-3H3,(H,20,21)(H,22,23). The highest BCUT2D eigenvalue weighted by atomic mass is 16.5. The van der Waals surface area contributed by atoms with Crippen LogP contribution in [-0.2, 0) is 0 Å². The number of carboxylic acid groups (broad SMARTS) is 1. The van der Waals surface area contributed by atoms with Gasteiger partial charge in [-0.05, 0) is 26.0 Å². The number of carbonyl (C=O) groups is 2. The molecule has 0 fully saturated rings. The first-order chi connectivity index (χ1) is 12.5. The lowest BCUT2D eigenvalue weighted by Crippen LogP contribution is -2.16. The Morgan fingerprint density at radius 2 is 1.58 bits per heavy atom. The monoisotopic (exact) mass is 359 g/mol. The second kappa shape index (κ2) is 8.75. The van der Waals surface area contributed by atoms with E-state index < -0.39 is 11.9 Å². The van der Waals surface area contributed by atoms with Gasteiger partial charge in [-0.2, -0.15) is 0 Å². The summed E-state index contributed by atoms with van der Waals surface area (Å²) in [6, 6.07) is 9.46. The average molecular weight is 359 g/mol. The fraction of sp³-hybridized carbons (Fsp3) is 0.263. The van der Waals surface area contributed by atoms with Gasteiger partial charge in [0.1, 0.15) is 5.75 Å². The number of nitrogens with one attached hydrogen (secondary N) is 1. The number of methoxy groups -OCH3 is 1. The van der Waals surface area contributed by atoms with Crippen molar-refractivity contribution in [3.63, 3.8) is 0 Å². The Balaban J connectivity index is 2.45. The summed E-state index contributed by atoms with van der Waals surface area (Å²) in [4.78, 5) is 24.2. The van der Waals surface area contributed by atoms with E-state index in [0.717, 1.165) is 0 Å². The van der Waals surface area contributed by atoms with Crippen LogP contribution >= 0.6 is 0 Å². The van der Waals surface area contributed by atoms with Gasteiger partial charge in [0.2, 0.25) is 0 Å². The first-order valence-electron chi connectivity index (χ1n) is 8.13. The van der Waals surface area contributed by atoms with Gasteiger partial charge in [-0.25, -0.2) is 4.79 Å². The van der Waals surface area contributed by atoms with Gasteiger partial charge in [-0.15, -0.1) is 0 Å². The van der Waals surface area contributed by atoms with E-state index in [4.69, 9.17) is 14.2 Å². The molecule has 7 nitrogen and oxygen atoms in total. The van der Waals surface area contributed by atoms with Crippen molar-refractivity contribution in [3.05, 3.63) is 47.5 Å². The fourth-order valence-corrected chi connectivity index (χ4v) is 2.40. The Morgan fingerprint density at radius 3 is 2.15 bits per heavy atom. The number of para-hydroxylation sites is 1. The van der Waals surface area contributed by atoms with Crippen molar-refractivity contribution in [2.75, 3.05) is 25.6 Å². The van der Waals surface area contributed by atoms with Gasteiger partial charge < -0.3 is 24.6 Å². The molecule has 2 N–H and O–H groups in total. The molecular formula is C19H21NO6. The van der Waals surface area contributed by atoms with Crippen LogP contribution in [0.25, 0.3) is 0 Å². The molecule has 0 aliphatic rings. The Hall–Kier alpha value is -3.22. The number of carboxylic acids is 1. The number of aromatic carboxylic acids is 1. The van der Waals surface area contributed by atoms with E-state index in [1.807, 2.05) is 0 Å². The first kappa shape index (κ1) is 19.1. The number of hydrogen-bond donors (Lipinski definition) is 2. The Morgan fingerprint density at radius 1 is 0.962 bits per heavy atom. The number of amides is 1. The zero-order valence-electron chi connectivity index (χ0n) is 14.9. The Kier molecular flexibility index (Phi) is 6.43. The van der Waals surface area contributed by atoms with Crippen LogP contribution in [0.2, 0.25) is 0 Å². The van der Waals surface area contributed by atoms with Crippen LogP contribution < -0.4 is 19.5 Å². The van der Waals surface area contributed by atoms with Crippen molar-refractivity contribution < 1.29 is 28.9 Å². The number of benzene rings is 2. The minimum atomic E-state index is -1.19. The van der Waals surface area contributed by atoms with Gasteiger partial charge in [0.05, 0.1) is 37.1 Å². The molecule has 0 aliphatic carbocycles. The Labute approximate surface area is 151 Å². The van der Waals surface area contributed by atoms with Crippen molar-refractivity contribution in [2.45, 2.75) is 13.8 Å². The fourth-order valence-electron chi connectivity index (χ4n) is 2.40. The van der Waals surface area contributed by atoms with Crippen LogP contribution in [0.5, 0.6) is 17.2 Å². The van der Waals surface area contributed by atoms with Crippen LogP contribution in [0.4, 0.5) is 5.69 Å². The number of rotatable bonds is 8. The maximum atomic E-state index is 12.6. The van der Waals surface area contributed by atoms with Gasteiger partial charge >= 0.3 is 5.97 Å². The van der Waals surface area contributed by atoms with Crippen molar-refractivity contribution in [3.8, 4) is 17.2 Å². The summed E-state index contributed by atoms with van der Waals surface area (Å²) in [5.41, 5.74) is 0.304. The SMILES string of the molecule is CCOc1cc(NC(=O)c2ccccc2OC)c(C(=O)O)cc1OCC. The smallest absolute Gasteiger partial charge is 0.337 e. The van der Waals surface area contributed by atoms with Crippen LogP contribution in [0.1, 0.15) is 34.6 Å². The second-order valence-corrected chi connectivity index (χ2v) is 5.17. The van der Waals surface area contributed by atoms with Crippen molar-refractivity contribution in [1.82, 2.24) is 0 Å². The predicted octanol–water partition coefficient (Wildman–Crippen LogP) is 3.44. The third kappa shape index (κ3) is 4.24. The second-order valence-electron chi connectivity index (χ2n) is 5.17. The van der Waals surface area contributed by atoms with Gasteiger partial charge in [0.15, 0.2) is 11.5 Å². The van der Waals surface area contributed by atoms with Gasteiger partial charge in [-0.3, -0.25) is 4.79 Å². The molecule has 0 heterocycles. The van der Waals surface area contributed by atoms with Crippen molar-refractivity contribution in [2.24, 2.45) is 0 Å². The molecule has 0 unspecified atom stereocenters. The minimum Gasteiger partial charge on any atom is -0.496 e. The van der Waals surface area contributed by atoms with Gasteiger partial charge in [0, 0.05) is 12.1 Å². The van der Waals surface area contributed by atoms with Crippen LogP contribution in [0.3, 0.4) is 0 Å². The summed E-state index contributed by atoms with van der Waals surface area (Å²) < 4.78 is 16.1.